The third kappa shape index (κ3) is 2.47. The quantitative estimate of drug-likeness (QED) is 0.413. The van der Waals surface area contributed by atoms with E-state index in [9.17, 15) is 60.1 Å². The predicted octanol–water partition coefficient (Wildman–Crippen LogP) is 1.52. The SMILES string of the molecule is O=CC(C(F)(F)F)(C(F)(F)S(=O)(=O)F)C(F)(F)S(=O)(=O)F. The third-order valence-electron chi connectivity index (χ3n) is 2.15. The maximum Gasteiger partial charge on any atom is 0.415 e. The van der Waals surface area contributed by atoms with Crippen molar-refractivity contribution >= 4 is 26.7 Å². The van der Waals surface area contributed by atoms with Gasteiger partial charge in [-0.15, -0.1) is 0 Å². The largest absolute Gasteiger partial charge is 0.415 e. The molecule has 0 unspecified atom stereocenters. The summed E-state index contributed by atoms with van der Waals surface area (Å²) in [5, 5.41) is -14.7. The van der Waals surface area contributed by atoms with Crippen molar-refractivity contribution in [3.63, 3.8) is 0 Å². The van der Waals surface area contributed by atoms with E-state index in [2.05, 4.69) is 0 Å². The molecule has 0 fully saturated rings. The van der Waals surface area contributed by atoms with Crippen LogP contribution in [-0.4, -0.2) is 39.8 Å². The summed E-state index contributed by atoms with van der Waals surface area (Å²) in [6.07, 6.45) is -9.94. The summed E-state index contributed by atoms with van der Waals surface area (Å²) in [5.74, 6) is 0. The lowest BCUT2D eigenvalue weighted by Gasteiger charge is -2.37. The van der Waals surface area contributed by atoms with Gasteiger partial charge in [-0.05, 0) is 0 Å². The zero-order chi connectivity index (χ0) is 17.7. The summed E-state index contributed by atoms with van der Waals surface area (Å²) < 4.78 is 153. The van der Waals surface area contributed by atoms with Crippen molar-refractivity contribution in [3.8, 4) is 0 Å². The number of carbonyl (C=O) groups is 1. The lowest BCUT2D eigenvalue weighted by molar-refractivity contribution is -0.303. The molecule has 0 radical (unpaired) electrons. The van der Waals surface area contributed by atoms with Crippen molar-refractivity contribution in [3.05, 3.63) is 0 Å². The fourth-order valence-electron chi connectivity index (χ4n) is 1.09. The highest BCUT2D eigenvalue weighted by Gasteiger charge is 2.90. The maximum atomic E-state index is 12.9. The fraction of sp³-hybridized carbons (Fsp3) is 0.800. The second-order valence-corrected chi connectivity index (χ2v) is 6.11. The molecular formula is C5HF9O5S2. The van der Waals surface area contributed by atoms with Crippen molar-refractivity contribution < 1.29 is 60.1 Å². The van der Waals surface area contributed by atoms with Gasteiger partial charge in [-0.25, -0.2) is 0 Å². The topological polar surface area (TPSA) is 85.3 Å². The van der Waals surface area contributed by atoms with E-state index < -0.39 is 48.8 Å². The standard InChI is InChI=1S/C5HF9O5S2/c6-3(7,8)2(1-15,4(9,10)20(13,16)17)5(11,12)21(14,18)19/h1H. The molecule has 0 atom stereocenters. The van der Waals surface area contributed by atoms with Crippen LogP contribution in [0.15, 0.2) is 0 Å². The van der Waals surface area contributed by atoms with Crippen LogP contribution in [0.25, 0.3) is 0 Å². The van der Waals surface area contributed by atoms with Gasteiger partial charge in [0.1, 0.15) is 6.29 Å². The van der Waals surface area contributed by atoms with Gasteiger partial charge in [-0.2, -0.15) is 47.6 Å². The van der Waals surface area contributed by atoms with Crippen LogP contribution in [-0.2, 0) is 25.2 Å². The molecule has 0 aromatic rings. The molecule has 0 aliphatic heterocycles. The first-order valence-corrected chi connectivity index (χ1v) is 6.75. The molecule has 0 amide bonds. The summed E-state index contributed by atoms with van der Waals surface area (Å²) >= 11 is 0. The molecule has 0 heterocycles. The Morgan fingerprint density at radius 3 is 1.00 bits per heavy atom. The van der Waals surface area contributed by atoms with Crippen molar-refractivity contribution in [1.29, 1.82) is 0 Å². The minimum Gasteiger partial charge on any atom is -0.302 e. The van der Waals surface area contributed by atoms with Gasteiger partial charge >= 0.3 is 37.1 Å². The summed E-state index contributed by atoms with van der Waals surface area (Å²) in [5.41, 5.74) is -7.03. The molecule has 0 rings (SSSR count). The number of halogens is 9. The van der Waals surface area contributed by atoms with E-state index >= 15 is 0 Å². The molecule has 0 bridgehead atoms. The van der Waals surface area contributed by atoms with Crippen LogP contribution in [0, 0.1) is 5.41 Å². The Kier molecular flexibility index (Phi) is 4.48. The Balaban J connectivity index is 7.15. The van der Waals surface area contributed by atoms with Gasteiger partial charge in [0.25, 0.3) is 5.41 Å². The zero-order valence-electron chi connectivity index (χ0n) is 8.84. The second kappa shape index (κ2) is 4.72. The molecule has 0 saturated heterocycles. The van der Waals surface area contributed by atoms with Crippen LogP contribution in [0.1, 0.15) is 0 Å². The molecule has 0 aromatic heterocycles. The second-order valence-electron chi connectivity index (χ2n) is 3.33. The average molecular weight is 376 g/mol. The molecule has 0 aromatic carbocycles. The molecule has 0 aliphatic rings. The van der Waals surface area contributed by atoms with Crippen LogP contribution in [0.4, 0.5) is 38.5 Å². The van der Waals surface area contributed by atoms with Gasteiger partial charge in [-0.3, -0.25) is 0 Å². The van der Waals surface area contributed by atoms with Crippen molar-refractivity contribution in [1.82, 2.24) is 0 Å². The Hall–Kier alpha value is -1.06. The molecule has 0 N–H and O–H groups in total. The molecule has 21 heavy (non-hydrogen) atoms. The van der Waals surface area contributed by atoms with Crippen LogP contribution >= 0.6 is 0 Å². The highest BCUT2D eigenvalue weighted by Crippen LogP contribution is 2.60. The Morgan fingerprint density at radius 1 is 0.667 bits per heavy atom. The minimum absolute atomic E-state index is 2.58. The average Bonchev–Trinajstić information content (AvgIpc) is 2.11. The van der Waals surface area contributed by atoms with Crippen LogP contribution in [0.5, 0.6) is 0 Å². The summed E-state index contributed by atoms with van der Waals surface area (Å²) in [7, 11) is -15.8. The van der Waals surface area contributed by atoms with E-state index in [1.165, 1.54) is 0 Å². The first-order valence-electron chi connectivity index (χ1n) is 3.98. The maximum absolute atomic E-state index is 12.9. The van der Waals surface area contributed by atoms with E-state index in [1.54, 1.807) is 0 Å². The molecule has 0 spiro atoms. The molecule has 16 heteroatoms. The van der Waals surface area contributed by atoms with Crippen molar-refractivity contribution in [2.24, 2.45) is 5.41 Å². The number of hydrogen-bond donors (Lipinski definition) is 0. The number of carbonyl (C=O) groups excluding carboxylic acids is 1. The Labute approximate surface area is 110 Å². The molecule has 126 valence electrons. The summed E-state index contributed by atoms with van der Waals surface area (Å²) in [6, 6.07) is 0. The first kappa shape index (κ1) is 19.9. The predicted molar refractivity (Wildman–Crippen MR) is 44.5 cm³/mol. The van der Waals surface area contributed by atoms with Crippen LogP contribution in [0.2, 0.25) is 0 Å². The van der Waals surface area contributed by atoms with E-state index in [1.807, 2.05) is 0 Å². The minimum atomic E-state index is -7.89. The van der Waals surface area contributed by atoms with E-state index in [0.717, 1.165) is 0 Å². The van der Waals surface area contributed by atoms with Gasteiger partial charge in [-0.1, -0.05) is 7.77 Å². The van der Waals surface area contributed by atoms with Gasteiger partial charge in [0.05, 0.1) is 0 Å². The van der Waals surface area contributed by atoms with Crippen LogP contribution in [0.3, 0.4) is 0 Å². The molecule has 5 nitrogen and oxygen atoms in total. The lowest BCUT2D eigenvalue weighted by Crippen LogP contribution is -2.67. The first-order chi connectivity index (χ1) is 8.81. The van der Waals surface area contributed by atoms with E-state index in [4.69, 9.17) is 0 Å². The van der Waals surface area contributed by atoms with E-state index in [-0.39, 0.29) is 0 Å². The highest BCUT2D eigenvalue weighted by atomic mass is 32.3. The van der Waals surface area contributed by atoms with Crippen LogP contribution < -0.4 is 0 Å². The smallest absolute Gasteiger partial charge is 0.302 e. The normalized spacial score (nSPS) is 15.9. The third-order valence-corrected chi connectivity index (χ3v) is 4.02. The molecular weight excluding hydrogens is 375 g/mol. The summed E-state index contributed by atoms with van der Waals surface area (Å²) in [4.78, 5) is 10.1. The fourth-order valence-corrected chi connectivity index (χ4v) is 2.51. The Bertz CT molecular complexity index is 586. The number of hydrogen-bond acceptors (Lipinski definition) is 5. The summed E-state index contributed by atoms with van der Waals surface area (Å²) in [6.45, 7) is 0. The van der Waals surface area contributed by atoms with Gasteiger partial charge in [0.15, 0.2) is 0 Å². The number of rotatable bonds is 5. The zero-order valence-corrected chi connectivity index (χ0v) is 10.5. The number of aldehydes is 1. The Morgan fingerprint density at radius 2 is 0.905 bits per heavy atom. The van der Waals surface area contributed by atoms with Gasteiger partial charge in [0.2, 0.25) is 0 Å². The highest BCUT2D eigenvalue weighted by molar-refractivity contribution is 7.88. The number of alkyl halides is 7. The van der Waals surface area contributed by atoms with E-state index in [0.29, 0.717) is 0 Å². The monoisotopic (exact) mass is 376 g/mol. The lowest BCUT2D eigenvalue weighted by atomic mass is 9.89. The van der Waals surface area contributed by atoms with Gasteiger partial charge in [0, 0.05) is 0 Å². The van der Waals surface area contributed by atoms with Crippen molar-refractivity contribution in [2.45, 2.75) is 16.7 Å². The van der Waals surface area contributed by atoms with Crippen molar-refractivity contribution in [2.75, 3.05) is 0 Å². The molecule has 0 saturated carbocycles. The molecule has 0 aliphatic carbocycles. The van der Waals surface area contributed by atoms with Gasteiger partial charge < -0.3 is 4.79 Å².